The highest BCUT2D eigenvalue weighted by atomic mass is 35.5. The number of methoxy groups -OCH3 is 1. The maximum absolute atomic E-state index is 12.8. The standard InChI is InChI=1S/C26H20ClNO6S/c1-32-22-15-17(11-12-21(22)34-25(30)18-7-3-2-4-8-18)16-23-24(29)28(26(31)35-23)13-14-33-20-10-6-5-9-19(20)27/h2-12,15-16H,13-14H2,1H3/b23-16-. The molecule has 9 heteroatoms. The van der Waals surface area contributed by atoms with Crippen molar-refractivity contribution in [1.82, 2.24) is 4.90 Å². The lowest BCUT2D eigenvalue weighted by Gasteiger charge is -2.13. The fraction of sp³-hybridized carbons (Fsp3) is 0.115. The van der Waals surface area contributed by atoms with Gasteiger partial charge in [-0.2, -0.15) is 0 Å². The van der Waals surface area contributed by atoms with Crippen LogP contribution in [-0.4, -0.2) is 42.3 Å². The van der Waals surface area contributed by atoms with Crippen LogP contribution in [0.3, 0.4) is 0 Å². The van der Waals surface area contributed by atoms with Crippen molar-refractivity contribution in [2.45, 2.75) is 0 Å². The molecule has 178 valence electrons. The first-order valence-electron chi connectivity index (χ1n) is 10.5. The van der Waals surface area contributed by atoms with Crippen molar-refractivity contribution >= 4 is 46.6 Å². The molecule has 0 unspecified atom stereocenters. The first-order valence-corrected chi connectivity index (χ1v) is 11.7. The second kappa shape index (κ2) is 11.1. The van der Waals surface area contributed by atoms with Gasteiger partial charge in [0.05, 0.1) is 29.1 Å². The van der Waals surface area contributed by atoms with Crippen molar-refractivity contribution in [3.05, 3.63) is 93.9 Å². The van der Waals surface area contributed by atoms with Crippen LogP contribution in [0, 0.1) is 0 Å². The van der Waals surface area contributed by atoms with Crippen molar-refractivity contribution in [3.63, 3.8) is 0 Å². The Morgan fingerprint density at radius 1 is 0.971 bits per heavy atom. The predicted octanol–water partition coefficient (Wildman–Crippen LogP) is 5.68. The molecule has 3 aromatic rings. The number of carbonyl (C=O) groups excluding carboxylic acids is 3. The molecule has 0 spiro atoms. The third-order valence-electron chi connectivity index (χ3n) is 4.98. The Kier molecular flexibility index (Phi) is 7.74. The Morgan fingerprint density at radius 3 is 2.46 bits per heavy atom. The third-order valence-corrected chi connectivity index (χ3v) is 6.20. The molecule has 0 aliphatic carbocycles. The summed E-state index contributed by atoms with van der Waals surface area (Å²) in [7, 11) is 1.45. The van der Waals surface area contributed by atoms with E-state index in [1.807, 2.05) is 0 Å². The summed E-state index contributed by atoms with van der Waals surface area (Å²) in [6, 6.07) is 20.4. The number of amides is 2. The summed E-state index contributed by atoms with van der Waals surface area (Å²) in [5, 5.41) is 0.0674. The van der Waals surface area contributed by atoms with E-state index in [1.54, 1.807) is 78.9 Å². The Labute approximate surface area is 211 Å². The van der Waals surface area contributed by atoms with Gasteiger partial charge in [-0.3, -0.25) is 14.5 Å². The van der Waals surface area contributed by atoms with Crippen molar-refractivity contribution in [2.24, 2.45) is 0 Å². The SMILES string of the molecule is COc1cc(/C=C2\SC(=O)N(CCOc3ccccc3Cl)C2=O)ccc1OC(=O)c1ccccc1. The van der Waals surface area contributed by atoms with Crippen LogP contribution in [0.2, 0.25) is 5.02 Å². The highest BCUT2D eigenvalue weighted by molar-refractivity contribution is 8.18. The lowest BCUT2D eigenvalue weighted by Crippen LogP contribution is -2.32. The van der Waals surface area contributed by atoms with E-state index in [0.29, 0.717) is 27.6 Å². The zero-order valence-electron chi connectivity index (χ0n) is 18.6. The van der Waals surface area contributed by atoms with Crippen LogP contribution >= 0.6 is 23.4 Å². The highest BCUT2D eigenvalue weighted by Gasteiger charge is 2.34. The van der Waals surface area contributed by atoms with Crippen LogP contribution in [0.5, 0.6) is 17.2 Å². The van der Waals surface area contributed by atoms with E-state index in [-0.39, 0.29) is 29.0 Å². The summed E-state index contributed by atoms with van der Waals surface area (Å²) in [6.45, 7) is 0.204. The van der Waals surface area contributed by atoms with Crippen molar-refractivity contribution in [1.29, 1.82) is 0 Å². The number of esters is 1. The van der Waals surface area contributed by atoms with Gasteiger partial charge in [0, 0.05) is 0 Å². The van der Waals surface area contributed by atoms with E-state index >= 15 is 0 Å². The molecule has 35 heavy (non-hydrogen) atoms. The van der Waals surface area contributed by atoms with Gasteiger partial charge in [-0.1, -0.05) is 48.0 Å². The average molecular weight is 510 g/mol. The normalized spacial score (nSPS) is 14.3. The second-order valence-corrected chi connectivity index (χ2v) is 8.68. The fourth-order valence-electron chi connectivity index (χ4n) is 3.24. The largest absolute Gasteiger partial charge is 0.493 e. The quantitative estimate of drug-likeness (QED) is 0.219. The van der Waals surface area contributed by atoms with Gasteiger partial charge < -0.3 is 14.2 Å². The van der Waals surface area contributed by atoms with Crippen LogP contribution in [0.15, 0.2) is 77.7 Å². The van der Waals surface area contributed by atoms with Gasteiger partial charge >= 0.3 is 5.97 Å². The number of imide groups is 1. The first-order chi connectivity index (χ1) is 17.0. The van der Waals surface area contributed by atoms with Gasteiger partial charge in [0.25, 0.3) is 11.1 Å². The number of hydrogen-bond donors (Lipinski definition) is 0. The van der Waals surface area contributed by atoms with Crippen molar-refractivity contribution in [3.8, 4) is 17.2 Å². The minimum Gasteiger partial charge on any atom is -0.493 e. The van der Waals surface area contributed by atoms with E-state index in [2.05, 4.69) is 0 Å². The van der Waals surface area contributed by atoms with E-state index in [9.17, 15) is 14.4 Å². The third kappa shape index (κ3) is 5.85. The van der Waals surface area contributed by atoms with Gasteiger partial charge in [0.15, 0.2) is 11.5 Å². The summed E-state index contributed by atoms with van der Waals surface area (Å²) in [4.78, 5) is 38.9. The lowest BCUT2D eigenvalue weighted by molar-refractivity contribution is -0.123. The molecule has 3 aromatic carbocycles. The molecule has 0 saturated carbocycles. The average Bonchev–Trinajstić information content (AvgIpc) is 3.13. The van der Waals surface area contributed by atoms with Gasteiger partial charge in [-0.25, -0.2) is 4.79 Å². The van der Waals surface area contributed by atoms with E-state index in [4.69, 9.17) is 25.8 Å². The maximum atomic E-state index is 12.8. The molecule has 0 atom stereocenters. The Balaban J connectivity index is 1.43. The number of thioether (sulfide) groups is 1. The number of benzene rings is 3. The molecule has 1 aliphatic rings. The van der Waals surface area contributed by atoms with Crippen LogP contribution in [0.4, 0.5) is 4.79 Å². The number of para-hydroxylation sites is 1. The number of carbonyl (C=O) groups is 3. The minimum absolute atomic E-state index is 0.0882. The van der Waals surface area contributed by atoms with Crippen molar-refractivity contribution < 1.29 is 28.6 Å². The highest BCUT2D eigenvalue weighted by Crippen LogP contribution is 2.35. The van der Waals surface area contributed by atoms with E-state index in [0.717, 1.165) is 16.7 Å². The molecule has 1 saturated heterocycles. The Morgan fingerprint density at radius 2 is 1.71 bits per heavy atom. The molecular formula is C26H20ClNO6S. The topological polar surface area (TPSA) is 82.1 Å². The second-order valence-electron chi connectivity index (χ2n) is 7.28. The van der Waals surface area contributed by atoms with Crippen LogP contribution in [0.1, 0.15) is 15.9 Å². The van der Waals surface area contributed by atoms with E-state index in [1.165, 1.54) is 7.11 Å². The van der Waals surface area contributed by atoms with Gasteiger partial charge in [0.2, 0.25) is 0 Å². The van der Waals surface area contributed by atoms with Crippen LogP contribution in [0.25, 0.3) is 6.08 Å². The molecule has 7 nitrogen and oxygen atoms in total. The molecule has 1 aliphatic heterocycles. The molecule has 2 amide bonds. The summed E-state index contributed by atoms with van der Waals surface area (Å²) < 4.78 is 16.4. The molecule has 0 N–H and O–H groups in total. The molecular weight excluding hydrogens is 490 g/mol. The van der Waals surface area contributed by atoms with Crippen LogP contribution in [-0.2, 0) is 4.79 Å². The summed E-state index contributed by atoms with van der Waals surface area (Å²) in [6.07, 6.45) is 1.59. The molecule has 0 radical (unpaired) electrons. The maximum Gasteiger partial charge on any atom is 0.343 e. The zero-order chi connectivity index (χ0) is 24.8. The fourth-order valence-corrected chi connectivity index (χ4v) is 4.30. The monoisotopic (exact) mass is 509 g/mol. The number of nitrogens with zero attached hydrogens (tertiary/aromatic N) is 1. The first kappa shape index (κ1) is 24.4. The zero-order valence-corrected chi connectivity index (χ0v) is 20.2. The number of halogens is 1. The van der Waals surface area contributed by atoms with Gasteiger partial charge in [-0.05, 0) is 59.8 Å². The van der Waals surface area contributed by atoms with Crippen LogP contribution < -0.4 is 14.2 Å². The van der Waals surface area contributed by atoms with Gasteiger partial charge in [0.1, 0.15) is 12.4 Å². The smallest absolute Gasteiger partial charge is 0.343 e. The summed E-state index contributed by atoms with van der Waals surface area (Å²) in [5.41, 5.74) is 1.02. The minimum atomic E-state index is -0.517. The summed E-state index contributed by atoms with van der Waals surface area (Å²) in [5.74, 6) is 0.105. The number of rotatable bonds is 8. The molecule has 0 aromatic heterocycles. The Bertz CT molecular complexity index is 1290. The molecule has 4 rings (SSSR count). The van der Waals surface area contributed by atoms with E-state index < -0.39 is 11.9 Å². The summed E-state index contributed by atoms with van der Waals surface area (Å²) >= 11 is 6.90. The van der Waals surface area contributed by atoms with Crippen molar-refractivity contribution in [2.75, 3.05) is 20.3 Å². The number of hydrogen-bond acceptors (Lipinski definition) is 7. The number of ether oxygens (including phenoxy) is 3. The molecule has 1 fully saturated rings. The van der Waals surface area contributed by atoms with Gasteiger partial charge in [-0.15, -0.1) is 0 Å². The lowest BCUT2D eigenvalue weighted by atomic mass is 10.1. The predicted molar refractivity (Wildman–Crippen MR) is 134 cm³/mol. The molecule has 1 heterocycles. The molecule has 0 bridgehead atoms. The Hall–Kier alpha value is -3.75.